The van der Waals surface area contributed by atoms with Crippen molar-refractivity contribution in [1.29, 1.82) is 0 Å². The van der Waals surface area contributed by atoms with Crippen LogP contribution in [-0.4, -0.2) is 31.4 Å². The Hall–Kier alpha value is 0.717. The molecule has 40 valence electrons. The summed E-state index contributed by atoms with van der Waals surface area (Å²) in [4.78, 5) is 0. The summed E-state index contributed by atoms with van der Waals surface area (Å²) in [6, 6.07) is 0. The van der Waals surface area contributed by atoms with Gasteiger partial charge in [-0.15, -0.1) is 0 Å². The van der Waals surface area contributed by atoms with Crippen LogP contribution < -0.4 is 0 Å². The molecule has 0 aromatic rings. The first-order valence-electron chi connectivity index (χ1n) is 2.00. The summed E-state index contributed by atoms with van der Waals surface area (Å²) in [5.41, 5.74) is 0. The van der Waals surface area contributed by atoms with E-state index in [2.05, 4.69) is 0 Å². The molecule has 7 heavy (non-hydrogen) atoms. The fourth-order valence-corrected chi connectivity index (χ4v) is 2.58. The molecule has 0 spiro atoms. The van der Waals surface area contributed by atoms with Crippen molar-refractivity contribution in [3.8, 4) is 0 Å². The molecule has 0 aliphatic rings. The molecule has 0 fully saturated rings. The summed E-state index contributed by atoms with van der Waals surface area (Å²) >= 11 is -1.33. The van der Waals surface area contributed by atoms with Crippen LogP contribution in [0.4, 0.5) is 0 Å². The number of hydrogen-bond donors (Lipinski definition) is 0. The Morgan fingerprint density at radius 1 is 1.00 bits per heavy atom. The minimum absolute atomic E-state index is 0.666. The van der Waals surface area contributed by atoms with Gasteiger partial charge in [0.2, 0.25) is 0 Å². The second-order valence-electron chi connectivity index (χ2n) is 1.06. The average Bonchev–Trinajstić information content (AvgIpc) is 1.69. The van der Waals surface area contributed by atoms with Gasteiger partial charge in [-0.3, -0.25) is 0 Å². The van der Waals surface area contributed by atoms with Crippen LogP contribution in [0.2, 0.25) is 10.4 Å². The third-order valence-corrected chi connectivity index (χ3v) is 2.59. The van der Waals surface area contributed by atoms with Crippen molar-refractivity contribution in [1.82, 2.24) is 0 Å². The fraction of sp³-hybridized carbons (Fsp3) is 1.00. The number of rotatable bonds is 4. The van der Waals surface area contributed by atoms with Gasteiger partial charge in [0.05, 0.1) is 0 Å². The summed E-state index contributed by atoms with van der Waals surface area (Å²) in [6.45, 7) is 0. The maximum absolute atomic E-state index is 9.81. The molecule has 0 aromatic carbocycles. The van der Waals surface area contributed by atoms with Crippen LogP contribution >= 0.6 is 0 Å². The van der Waals surface area contributed by atoms with Gasteiger partial charge in [-0.1, -0.05) is 0 Å². The van der Waals surface area contributed by atoms with Crippen molar-refractivity contribution in [3.63, 3.8) is 0 Å². The Morgan fingerprint density at radius 2 is 1.43 bits per heavy atom. The van der Waals surface area contributed by atoms with Crippen molar-refractivity contribution >= 4 is 31.4 Å². The standard InChI is InChI=1S/C3H6As2O2/c6-4-2-1-3-5-7/h1-3H2. The molecule has 0 unspecified atom stereocenters. The monoisotopic (exact) mass is 224 g/mol. The predicted molar refractivity (Wildman–Crippen MR) is 27.1 cm³/mol. The van der Waals surface area contributed by atoms with E-state index in [4.69, 9.17) is 0 Å². The van der Waals surface area contributed by atoms with Gasteiger partial charge in [0, 0.05) is 0 Å². The van der Waals surface area contributed by atoms with Crippen molar-refractivity contribution in [2.24, 2.45) is 0 Å². The number of hydrogen-bond acceptors (Lipinski definition) is 2. The molecule has 0 aliphatic carbocycles. The van der Waals surface area contributed by atoms with Crippen molar-refractivity contribution < 1.29 is 7.48 Å². The van der Waals surface area contributed by atoms with Crippen LogP contribution in [0, 0.1) is 0 Å². The summed E-state index contributed by atoms with van der Waals surface area (Å²) in [6.07, 6.45) is 0.896. The molecule has 0 rings (SSSR count). The van der Waals surface area contributed by atoms with Gasteiger partial charge in [-0.25, -0.2) is 0 Å². The second-order valence-corrected chi connectivity index (χ2v) is 4.02. The molecule has 2 nitrogen and oxygen atoms in total. The Kier molecular flexibility index (Phi) is 7.40. The molecule has 0 heterocycles. The zero-order valence-electron chi connectivity index (χ0n) is 3.83. The fourth-order valence-electron chi connectivity index (χ4n) is 0.200. The van der Waals surface area contributed by atoms with Gasteiger partial charge in [-0.2, -0.15) is 0 Å². The van der Waals surface area contributed by atoms with Gasteiger partial charge < -0.3 is 0 Å². The molecule has 0 saturated carbocycles. The Labute approximate surface area is 55.9 Å². The topological polar surface area (TPSA) is 34.1 Å². The van der Waals surface area contributed by atoms with E-state index in [1.165, 1.54) is 0 Å². The Balaban J connectivity index is 2.68. The van der Waals surface area contributed by atoms with Crippen LogP contribution in [0.15, 0.2) is 0 Å². The van der Waals surface area contributed by atoms with Gasteiger partial charge in [-0.05, 0) is 0 Å². The Bertz CT molecular complexity index is 56.0. The van der Waals surface area contributed by atoms with Crippen LogP contribution in [-0.2, 0) is 7.48 Å². The molecule has 0 bridgehead atoms. The normalized spacial score (nSPS) is 10.3. The SMILES string of the molecule is O=[As]CCC[As]=O. The summed E-state index contributed by atoms with van der Waals surface area (Å²) in [7, 11) is 0. The van der Waals surface area contributed by atoms with E-state index in [1.807, 2.05) is 0 Å². The van der Waals surface area contributed by atoms with E-state index in [9.17, 15) is 7.48 Å². The van der Waals surface area contributed by atoms with E-state index in [1.54, 1.807) is 0 Å². The maximum atomic E-state index is 9.81. The molecular weight excluding hydrogens is 218 g/mol. The zero-order valence-corrected chi connectivity index (χ0v) is 7.59. The molecule has 0 atom stereocenters. The van der Waals surface area contributed by atoms with E-state index >= 15 is 0 Å². The minimum atomic E-state index is -0.666. The van der Waals surface area contributed by atoms with E-state index < -0.39 is 31.4 Å². The van der Waals surface area contributed by atoms with Crippen LogP contribution in [0.25, 0.3) is 0 Å². The molecular formula is C3H6As2O2. The van der Waals surface area contributed by atoms with Crippen LogP contribution in [0.3, 0.4) is 0 Å². The predicted octanol–water partition coefficient (Wildman–Crippen LogP) is 0.312. The van der Waals surface area contributed by atoms with Crippen molar-refractivity contribution in [2.75, 3.05) is 0 Å². The van der Waals surface area contributed by atoms with Gasteiger partial charge in [0.25, 0.3) is 0 Å². The average molecular weight is 224 g/mol. The summed E-state index contributed by atoms with van der Waals surface area (Å²) in [5, 5.41) is 1.57. The molecule has 0 aliphatic heterocycles. The summed E-state index contributed by atoms with van der Waals surface area (Å²) in [5.74, 6) is 0. The zero-order chi connectivity index (χ0) is 5.54. The molecule has 0 aromatic heterocycles. The van der Waals surface area contributed by atoms with Crippen LogP contribution in [0.5, 0.6) is 0 Å². The first-order valence-corrected chi connectivity index (χ1v) is 6.18. The third kappa shape index (κ3) is 6.72. The summed E-state index contributed by atoms with van der Waals surface area (Å²) < 4.78 is 19.6. The van der Waals surface area contributed by atoms with Gasteiger partial charge in [0.1, 0.15) is 0 Å². The van der Waals surface area contributed by atoms with Crippen molar-refractivity contribution in [3.05, 3.63) is 0 Å². The van der Waals surface area contributed by atoms with Gasteiger partial charge >= 0.3 is 55.7 Å². The third-order valence-electron chi connectivity index (χ3n) is 0.499. The van der Waals surface area contributed by atoms with E-state index in [0.29, 0.717) is 0 Å². The van der Waals surface area contributed by atoms with Crippen LogP contribution in [0.1, 0.15) is 6.42 Å². The van der Waals surface area contributed by atoms with Gasteiger partial charge in [0.15, 0.2) is 0 Å². The Morgan fingerprint density at radius 3 is 1.71 bits per heavy atom. The molecule has 0 amide bonds. The molecule has 0 N–H and O–H groups in total. The second kappa shape index (κ2) is 6.72. The molecule has 0 saturated heterocycles. The van der Waals surface area contributed by atoms with E-state index in [0.717, 1.165) is 16.8 Å². The first-order chi connectivity index (χ1) is 3.41. The quantitative estimate of drug-likeness (QED) is 0.508. The molecule has 4 heteroatoms. The molecule has 0 radical (unpaired) electrons. The van der Waals surface area contributed by atoms with Crippen molar-refractivity contribution in [2.45, 2.75) is 16.8 Å². The first kappa shape index (κ1) is 7.72. The van der Waals surface area contributed by atoms with E-state index in [-0.39, 0.29) is 0 Å².